The SMILES string of the molecule is CNC1(C)CCN(C(C)C)CCO1. The molecule has 3 heteroatoms. The minimum atomic E-state index is -0.121. The molecule has 1 atom stereocenters. The first-order valence-electron chi connectivity index (χ1n) is 5.14. The summed E-state index contributed by atoms with van der Waals surface area (Å²) in [7, 11) is 1.96. The zero-order chi connectivity index (χ0) is 9.90. The van der Waals surface area contributed by atoms with Gasteiger partial charge in [0.15, 0.2) is 0 Å². The van der Waals surface area contributed by atoms with Crippen LogP contribution in [0.2, 0.25) is 0 Å². The van der Waals surface area contributed by atoms with Crippen molar-refractivity contribution in [1.29, 1.82) is 0 Å². The normalized spacial score (nSPS) is 32.1. The van der Waals surface area contributed by atoms with Crippen LogP contribution in [0.5, 0.6) is 0 Å². The lowest BCUT2D eigenvalue weighted by molar-refractivity contribution is -0.0443. The molecule has 13 heavy (non-hydrogen) atoms. The minimum absolute atomic E-state index is 0.121. The average Bonchev–Trinajstić information content (AvgIpc) is 2.28. The summed E-state index contributed by atoms with van der Waals surface area (Å²) in [5.74, 6) is 0. The van der Waals surface area contributed by atoms with E-state index in [1.54, 1.807) is 0 Å². The standard InChI is InChI=1S/C10H22N2O/c1-9(2)12-6-5-10(3,11-4)13-8-7-12/h9,11H,5-8H2,1-4H3. The molecule has 0 spiro atoms. The second kappa shape index (κ2) is 4.40. The monoisotopic (exact) mass is 186 g/mol. The largest absolute Gasteiger partial charge is 0.360 e. The molecule has 1 aliphatic heterocycles. The Morgan fingerprint density at radius 2 is 2.08 bits per heavy atom. The van der Waals surface area contributed by atoms with Crippen LogP contribution in [0.15, 0.2) is 0 Å². The molecule has 0 aromatic heterocycles. The van der Waals surface area contributed by atoms with Gasteiger partial charge in [-0.25, -0.2) is 0 Å². The molecular formula is C10H22N2O. The van der Waals surface area contributed by atoms with Crippen molar-refractivity contribution < 1.29 is 4.74 Å². The number of hydrogen-bond acceptors (Lipinski definition) is 3. The van der Waals surface area contributed by atoms with Gasteiger partial charge in [0.1, 0.15) is 5.72 Å². The van der Waals surface area contributed by atoms with Gasteiger partial charge in [0, 0.05) is 25.6 Å². The Hall–Kier alpha value is -0.120. The van der Waals surface area contributed by atoms with Crippen LogP contribution in [0.3, 0.4) is 0 Å². The second-order valence-corrected chi connectivity index (χ2v) is 4.21. The fraction of sp³-hybridized carbons (Fsp3) is 1.00. The van der Waals surface area contributed by atoms with Gasteiger partial charge in [-0.2, -0.15) is 0 Å². The molecule has 0 aromatic carbocycles. The molecule has 1 N–H and O–H groups in total. The molecule has 0 saturated carbocycles. The van der Waals surface area contributed by atoms with Crippen LogP contribution < -0.4 is 5.32 Å². The first kappa shape index (κ1) is 11.0. The molecule has 0 aromatic rings. The Bertz CT molecular complexity index is 161. The second-order valence-electron chi connectivity index (χ2n) is 4.21. The lowest BCUT2D eigenvalue weighted by atomic mass is 10.1. The number of nitrogens with one attached hydrogen (secondary N) is 1. The molecule has 0 bridgehead atoms. The van der Waals surface area contributed by atoms with Gasteiger partial charge in [0.2, 0.25) is 0 Å². The molecule has 1 rings (SSSR count). The van der Waals surface area contributed by atoms with Gasteiger partial charge in [-0.15, -0.1) is 0 Å². The summed E-state index contributed by atoms with van der Waals surface area (Å²) in [4.78, 5) is 2.46. The van der Waals surface area contributed by atoms with E-state index in [1.807, 2.05) is 7.05 Å². The van der Waals surface area contributed by atoms with Crippen LogP contribution in [0, 0.1) is 0 Å². The molecule has 1 heterocycles. The molecule has 1 unspecified atom stereocenters. The number of nitrogens with zero attached hydrogens (tertiary/aromatic N) is 1. The minimum Gasteiger partial charge on any atom is -0.360 e. The highest BCUT2D eigenvalue weighted by Gasteiger charge is 2.27. The van der Waals surface area contributed by atoms with Gasteiger partial charge >= 0.3 is 0 Å². The van der Waals surface area contributed by atoms with E-state index in [9.17, 15) is 0 Å². The Balaban J connectivity index is 2.48. The summed E-state index contributed by atoms with van der Waals surface area (Å²) in [6, 6.07) is 0.628. The van der Waals surface area contributed by atoms with Crippen molar-refractivity contribution in [2.45, 2.75) is 39.0 Å². The van der Waals surface area contributed by atoms with Crippen LogP contribution in [0.1, 0.15) is 27.2 Å². The highest BCUT2D eigenvalue weighted by atomic mass is 16.5. The van der Waals surface area contributed by atoms with Crippen LogP contribution in [-0.2, 0) is 4.74 Å². The Kier molecular flexibility index (Phi) is 3.71. The topological polar surface area (TPSA) is 24.5 Å². The average molecular weight is 186 g/mol. The maximum Gasteiger partial charge on any atom is 0.117 e. The summed E-state index contributed by atoms with van der Waals surface area (Å²) in [5.41, 5.74) is -0.121. The van der Waals surface area contributed by atoms with Crippen LogP contribution >= 0.6 is 0 Å². The fourth-order valence-corrected chi connectivity index (χ4v) is 1.64. The van der Waals surface area contributed by atoms with Gasteiger partial charge in [0.05, 0.1) is 6.61 Å². The highest BCUT2D eigenvalue weighted by molar-refractivity contribution is 4.77. The van der Waals surface area contributed by atoms with Crippen molar-refractivity contribution in [3.05, 3.63) is 0 Å². The molecule has 1 aliphatic rings. The lowest BCUT2D eigenvalue weighted by Gasteiger charge is -2.28. The predicted molar refractivity (Wildman–Crippen MR) is 54.7 cm³/mol. The van der Waals surface area contributed by atoms with Crippen molar-refractivity contribution >= 4 is 0 Å². The summed E-state index contributed by atoms with van der Waals surface area (Å²) in [6.45, 7) is 9.60. The zero-order valence-electron chi connectivity index (χ0n) is 9.26. The van der Waals surface area contributed by atoms with E-state index in [0.717, 1.165) is 26.1 Å². The Morgan fingerprint density at radius 3 is 2.62 bits per heavy atom. The maximum absolute atomic E-state index is 5.77. The van der Waals surface area contributed by atoms with E-state index in [-0.39, 0.29) is 5.72 Å². The molecule has 78 valence electrons. The molecule has 0 aliphatic carbocycles. The van der Waals surface area contributed by atoms with Crippen molar-refractivity contribution in [3.8, 4) is 0 Å². The molecular weight excluding hydrogens is 164 g/mol. The van der Waals surface area contributed by atoms with Gasteiger partial charge in [-0.1, -0.05) is 0 Å². The van der Waals surface area contributed by atoms with Gasteiger partial charge < -0.3 is 4.74 Å². The van der Waals surface area contributed by atoms with E-state index in [1.165, 1.54) is 0 Å². The van der Waals surface area contributed by atoms with Crippen molar-refractivity contribution in [2.24, 2.45) is 0 Å². The van der Waals surface area contributed by atoms with Gasteiger partial charge in [0.25, 0.3) is 0 Å². The third kappa shape index (κ3) is 2.93. The number of hydrogen-bond donors (Lipinski definition) is 1. The smallest absolute Gasteiger partial charge is 0.117 e. The highest BCUT2D eigenvalue weighted by Crippen LogP contribution is 2.16. The quantitative estimate of drug-likeness (QED) is 0.697. The van der Waals surface area contributed by atoms with Crippen LogP contribution in [0.25, 0.3) is 0 Å². The van der Waals surface area contributed by atoms with E-state index >= 15 is 0 Å². The third-order valence-electron chi connectivity index (χ3n) is 2.93. The summed E-state index contributed by atoms with van der Waals surface area (Å²) in [6.07, 6.45) is 1.06. The van der Waals surface area contributed by atoms with E-state index in [2.05, 4.69) is 31.0 Å². The maximum atomic E-state index is 5.77. The Labute approximate surface area is 81.4 Å². The first-order chi connectivity index (χ1) is 6.07. The van der Waals surface area contributed by atoms with Gasteiger partial charge in [-0.3, -0.25) is 10.2 Å². The number of rotatable bonds is 2. The molecule has 0 radical (unpaired) electrons. The number of ether oxygens (including phenoxy) is 1. The van der Waals surface area contributed by atoms with Crippen LogP contribution in [0.4, 0.5) is 0 Å². The molecule has 0 amide bonds. The lowest BCUT2D eigenvalue weighted by Crippen LogP contribution is -2.43. The molecule has 3 nitrogen and oxygen atoms in total. The van der Waals surface area contributed by atoms with Crippen molar-refractivity contribution in [1.82, 2.24) is 10.2 Å². The van der Waals surface area contributed by atoms with E-state index in [0.29, 0.717) is 6.04 Å². The molecule has 1 fully saturated rings. The summed E-state index contributed by atoms with van der Waals surface area (Å²) in [5, 5.41) is 3.23. The third-order valence-corrected chi connectivity index (χ3v) is 2.93. The predicted octanol–water partition coefficient (Wildman–Crippen LogP) is 1.05. The van der Waals surface area contributed by atoms with Crippen molar-refractivity contribution in [3.63, 3.8) is 0 Å². The summed E-state index contributed by atoms with van der Waals surface area (Å²) >= 11 is 0. The van der Waals surface area contributed by atoms with E-state index < -0.39 is 0 Å². The summed E-state index contributed by atoms with van der Waals surface area (Å²) < 4.78 is 5.77. The Morgan fingerprint density at radius 1 is 1.38 bits per heavy atom. The fourth-order valence-electron chi connectivity index (χ4n) is 1.64. The zero-order valence-corrected chi connectivity index (χ0v) is 9.26. The van der Waals surface area contributed by atoms with Crippen LogP contribution in [-0.4, -0.2) is 43.4 Å². The van der Waals surface area contributed by atoms with E-state index in [4.69, 9.17) is 4.74 Å². The van der Waals surface area contributed by atoms with Crippen molar-refractivity contribution in [2.75, 3.05) is 26.7 Å². The first-order valence-corrected chi connectivity index (χ1v) is 5.14. The van der Waals surface area contributed by atoms with Gasteiger partial charge in [-0.05, 0) is 27.8 Å². The molecule has 1 saturated heterocycles.